The number of nitrogens with one attached hydrogen (secondary N) is 1. The van der Waals surface area contributed by atoms with E-state index in [1.54, 1.807) is 6.20 Å². The van der Waals surface area contributed by atoms with Crippen LogP contribution < -0.4 is 0 Å². The van der Waals surface area contributed by atoms with Crippen LogP contribution in [0.1, 0.15) is 16.3 Å². The van der Waals surface area contributed by atoms with Gasteiger partial charge in [0.1, 0.15) is 11.5 Å². The molecule has 2 aromatic heterocycles. The predicted molar refractivity (Wildman–Crippen MR) is 83.7 cm³/mol. The Bertz CT molecular complexity index is 783. The van der Waals surface area contributed by atoms with Crippen LogP contribution in [0, 0.1) is 0 Å². The topological polar surface area (TPSA) is 79.7 Å². The van der Waals surface area contributed by atoms with Gasteiger partial charge in [0.25, 0.3) is 5.91 Å². The van der Waals surface area contributed by atoms with Crippen molar-refractivity contribution >= 4 is 5.91 Å². The number of carbonyl (C=O) groups excluding carboxylic acids is 1. The van der Waals surface area contributed by atoms with Gasteiger partial charge in [-0.05, 0) is 0 Å². The number of H-pyrrole nitrogens is 1. The molecule has 1 aliphatic rings. The van der Waals surface area contributed by atoms with E-state index >= 15 is 0 Å². The number of fused-ring (bicyclic) bond motifs is 1. The number of carbonyl (C=O) groups is 1. The summed E-state index contributed by atoms with van der Waals surface area (Å²) in [6.45, 7) is 1.89. The van der Waals surface area contributed by atoms with Crippen molar-refractivity contribution in [1.82, 2.24) is 29.6 Å². The quantitative estimate of drug-likeness (QED) is 0.775. The summed E-state index contributed by atoms with van der Waals surface area (Å²) in [5, 5.41) is 4.58. The molecule has 0 radical (unpaired) electrons. The van der Waals surface area contributed by atoms with E-state index in [1.165, 1.54) is 6.33 Å². The normalized spacial score (nSPS) is 14.3. The van der Waals surface area contributed by atoms with Crippen molar-refractivity contribution in [3.05, 3.63) is 54.4 Å². The van der Waals surface area contributed by atoms with Crippen molar-refractivity contribution in [3.8, 4) is 11.4 Å². The molecule has 0 bridgehead atoms. The Morgan fingerprint density at radius 1 is 1.13 bits per heavy atom. The summed E-state index contributed by atoms with van der Waals surface area (Å²) in [5.74, 6) is 1.63. The lowest BCUT2D eigenvalue weighted by molar-refractivity contribution is 0.0753. The fraction of sp³-hybridized carbons (Fsp3) is 0.250. The molecular weight excluding hydrogens is 292 g/mol. The van der Waals surface area contributed by atoms with Gasteiger partial charge in [-0.3, -0.25) is 4.79 Å². The number of benzene rings is 1. The highest BCUT2D eigenvalue weighted by Gasteiger charge is 2.22. The van der Waals surface area contributed by atoms with Crippen molar-refractivity contribution < 1.29 is 4.79 Å². The number of rotatable bonds is 2. The summed E-state index contributed by atoms with van der Waals surface area (Å²) in [7, 11) is 0. The van der Waals surface area contributed by atoms with E-state index in [0.29, 0.717) is 31.7 Å². The molecule has 4 rings (SSSR count). The summed E-state index contributed by atoms with van der Waals surface area (Å²) in [6, 6.07) is 9.94. The number of hydrogen-bond donors (Lipinski definition) is 1. The Morgan fingerprint density at radius 2 is 2.00 bits per heavy atom. The number of aromatic nitrogens is 5. The van der Waals surface area contributed by atoms with E-state index in [-0.39, 0.29) is 5.91 Å². The lowest BCUT2D eigenvalue weighted by atomic mass is 10.2. The van der Waals surface area contributed by atoms with Crippen LogP contribution in [0.15, 0.2) is 42.9 Å². The smallest absolute Gasteiger partial charge is 0.271 e. The first-order valence-corrected chi connectivity index (χ1v) is 7.58. The molecule has 7 heteroatoms. The van der Waals surface area contributed by atoms with Gasteiger partial charge in [0.15, 0.2) is 5.82 Å². The second kappa shape index (κ2) is 5.68. The van der Waals surface area contributed by atoms with Gasteiger partial charge in [0.05, 0.1) is 19.1 Å². The van der Waals surface area contributed by atoms with Crippen molar-refractivity contribution in [2.75, 3.05) is 13.1 Å². The molecule has 116 valence electrons. The number of hydrogen-bond acceptors (Lipinski definition) is 4. The van der Waals surface area contributed by atoms with Crippen LogP contribution in [-0.2, 0) is 13.0 Å². The van der Waals surface area contributed by atoms with E-state index < -0.39 is 0 Å². The maximum Gasteiger partial charge on any atom is 0.271 e. The molecule has 3 heterocycles. The van der Waals surface area contributed by atoms with Crippen molar-refractivity contribution in [2.24, 2.45) is 0 Å². The maximum atomic E-state index is 12.4. The van der Waals surface area contributed by atoms with Gasteiger partial charge < -0.3 is 9.88 Å². The van der Waals surface area contributed by atoms with Crippen molar-refractivity contribution in [2.45, 2.75) is 13.0 Å². The molecule has 0 aliphatic carbocycles. The van der Waals surface area contributed by atoms with E-state index in [9.17, 15) is 4.79 Å². The van der Waals surface area contributed by atoms with Crippen LogP contribution in [0.2, 0.25) is 0 Å². The van der Waals surface area contributed by atoms with Crippen LogP contribution in [0.5, 0.6) is 0 Å². The number of imidazole rings is 1. The average molecular weight is 308 g/mol. The van der Waals surface area contributed by atoms with Crippen LogP contribution in [0.25, 0.3) is 11.4 Å². The summed E-state index contributed by atoms with van der Waals surface area (Å²) in [4.78, 5) is 25.6. The summed E-state index contributed by atoms with van der Waals surface area (Å²) in [6.07, 6.45) is 3.76. The third-order valence-electron chi connectivity index (χ3n) is 3.98. The summed E-state index contributed by atoms with van der Waals surface area (Å²) < 4.78 is 1.91. The molecule has 0 unspecified atom stereocenters. The zero-order valence-electron chi connectivity index (χ0n) is 12.5. The highest BCUT2D eigenvalue weighted by Crippen LogP contribution is 2.17. The second-order valence-electron chi connectivity index (χ2n) is 5.45. The molecule has 7 nitrogen and oxygen atoms in total. The maximum absolute atomic E-state index is 12.4. The first kappa shape index (κ1) is 13.7. The molecule has 1 aliphatic heterocycles. The molecule has 0 atom stereocenters. The fourth-order valence-corrected chi connectivity index (χ4v) is 2.76. The van der Waals surface area contributed by atoms with Gasteiger partial charge in [0.2, 0.25) is 0 Å². The van der Waals surface area contributed by atoms with Crippen molar-refractivity contribution in [1.29, 1.82) is 0 Å². The highest BCUT2D eigenvalue weighted by atomic mass is 16.2. The Labute approximate surface area is 133 Å². The van der Waals surface area contributed by atoms with Crippen molar-refractivity contribution in [3.63, 3.8) is 0 Å². The van der Waals surface area contributed by atoms with E-state index in [0.717, 1.165) is 17.2 Å². The number of amides is 1. The van der Waals surface area contributed by atoms with Gasteiger partial charge in [-0.1, -0.05) is 30.3 Å². The molecule has 0 spiro atoms. The molecular formula is C16H16N6O. The highest BCUT2D eigenvalue weighted by molar-refractivity contribution is 5.92. The van der Waals surface area contributed by atoms with Gasteiger partial charge in [-0.15, -0.1) is 0 Å². The van der Waals surface area contributed by atoms with E-state index in [4.69, 9.17) is 0 Å². The Morgan fingerprint density at radius 3 is 2.78 bits per heavy atom. The van der Waals surface area contributed by atoms with Crippen LogP contribution >= 0.6 is 0 Å². The molecule has 1 amide bonds. The minimum absolute atomic E-state index is 0.0310. The number of nitrogens with zero attached hydrogens (tertiary/aromatic N) is 5. The van der Waals surface area contributed by atoms with E-state index in [2.05, 4.69) is 20.1 Å². The zero-order chi connectivity index (χ0) is 15.6. The van der Waals surface area contributed by atoms with Gasteiger partial charge >= 0.3 is 0 Å². The fourth-order valence-electron chi connectivity index (χ4n) is 2.76. The Hall–Kier alpha value is -2.96. The summed E-state index contributed by atoms with van der Waals surface area (Å²) in [5.41, 5.74) is 1.53. The zero-order valence-corrected chi connectivity index (χ0v) is 12.5. The molecule has 3 aromatic rings. The second-order valence-corrected chi connectivity index (χ2v) is 5.45. The van der Waals surface area contributed by atoms with E-state index in [1.807, 2.05) is 39.9 Å². The largest absolute Gasteiger partial charge is 0.341 e. The summed E-state index contributed by atoms with van der Waals surface area (Å²) >= 11 is 0. The Kier molecular flexibility index (Phi) is 3.38. The Balaban J connectivity index is 1.52. The minimum Gasteiger partial charge on any atom is -0.341 e. The first-order valence-electron chi connectivity index (χ1n) is 7.58. The third kappa shape index (κ3) is 2.61. The minimum atomic E-state index is -0.0310. The van der Waals surface area contributed by atoms with Crippen LogP contribution in [0.3, 0.4) is 0 Å². The lowest BCUT2D eigenvalue weighted by Gasteiger charge is -2.18. The van der Waals surface area contributed by atoms with Crippen LogP contribution in [0.4, 0.5) is 0 Å². The van der Waals surface area contributed by atoms with Gasteiger partial charge in [-0.25, -0.2) is 14.6 Å². The van der Waals surface area contributed by atoms with Gasteiger partial charge in [-0.2, -0.15) is 5.10 Å². The average Bonchev–Trinajstić information content (AvgIpc) is 3.22. The molecule has 0 fully saturated rings. The monoisotopic (exact) mass is 308 g/mol. The SMILES string of the molecule is O=C(c1cnc[nH]1)N1CCc2nc(-c3ccccc3)nn2CC1. The number of aromatic amines is 1. The lowest BCUT2D eigenvalue weighted by Crippen LogP contribution is -2.34. The molecule has 0 saturated carbocycles. The standard InChI is InChI=1S/C16H16N6O/c23-16(13-10-17-11-18-13)21-7-6-14-19-15(20-22(14)9-8-21)12-4-2-1-3-5-12/h1-5,10-11H,6-9H2,(H,17,18). The molecule has 0 saturated heterocycles. The van der Waals surface area contributed by atoms with Crippen LogP contribution in [-0.4, -0.2) is 48.6 Å². The first-order chi connectivity index (χ1) is 11.3. The predicted octanol–water partition coefficient (Wildman–Crippen LogP) is 1.37. The third-order valence-corrected chi connectivity index (χ3v) is 3.98. The van der Waals surface area contributed by atoms with Gasteiger partial charge in [0, 0.05) is 25.1 Å². The molecule has 1 aromatic carbocycles. The molecule has 1 N–H and O–H groups in total. The molecule has 23 heavy (non-hydrogen) atoms.